The van der Waals surface area contributed by atoms with Crippen LogP contribution in [0.5, 0.6) is 0 Å². The maximum absolute atomic E-state index is 14.4. The number of hydrogen-bond acceptors (Lipinski definition) is 3. The Balaban J connectivity index is 0.00000187. The van der Waals surface area contributed by atoms with Gasteiger partial charge in [-0.05, 0) is 36.1 Å². The Morgan fingerprint density at radius 1 is 0.879 bits per heavy atom. The number of halogens is 3. The molecule has 2 N–H and O–H groups in total. The van der Waals surface area contributed by atoms with Gasteiger partial charge in [0.05, 0.1) is 6.42 Å². The third-order valence-corrected chi connectivity index (χ3v) is 5.41. The third kappa shape index (κ3) is 7.44. The molecule has 0 aliphatic rings. The van der Waals surface area contributed by atoms with E-state index >= 15 is 0 Å². The SMILES string of the molecule is CC(c1ccccc1)N(Cc1ccccc1)C(CC(=O)O)Cc1cc(F)c(F)cc1F.CO. The number of carboxylic acids is 1. The summed E-state index contributed by atoms with van der Waals surface area (Å²) in [6.07, 6.45) is -0.345. The lowest BCUT2D eigenvalue weighted by Crippen LogP contribution is -2.40. The minimum Gasteiger partial charge on any atom is -0.481 e. The van der Waals surface area contributed by atoms with Gasteiger partial charge < -0.3 is 10.2 Å². The molecule has 0 bridgehead atoms. The summed E-state index contributed by atoms with van der Waals surface area (Å²) in [5.74, 6) is -4.36. The lowest BCUT2D eigenvalue weighted by Gasteiger charge is -2.36. The van der Waals surface area contributed by atoms with Gasteiger partial charge in [0.25, 0.3) is 0 Å². The fourth-order valence-corrected chi connectivity index (χ4v) is 3.78. The second-order valence-corrected chi connectivity index (χ2v) is 7.56. The number of aliphatic hydroxyl groups is 1. The number of hydrogen-bond donors (Lipinski definition) is 2. The molecule has 0 aliphatic carbocycles. The summed E-state index contributed by atoms with van der Waals surface area (Å²) in [7, 11) is 1.00. The number of rotatable bonds is 9. The largest absolute Gasteiger partial charge is 0.481 e. The first kappa shape index (κ1) is 26.1. The molecule has 0 heterocycles. The zero-order valence-corrected chi connectivity index (χ0v) is 18.6. The van der Waals surface area contributed by atoms with Crippen molar-refractivity contribution in [3.63, 3.8) is 0 Å². The number of benzene rings is 3. The van der Waals surface area contributed by atoms with E-state index in [0.717, 1.165) is 24.3 Å². The molecular weight excluding hydrogens is 431 g/mol. The smallest absolute Gasteiger partial charge is 0.304 e. The van der Waals surface area contributed by atoms with Gasteiger partial charge in [0, 0.05) is 31.8 Å². The predicted octanol–water partition coefficient (Wildman–Crippen LogP) is 5.36. The fourth-order valence-electron chi connectivity index (χ4n) is 3.78. The molecule has 4 nitrogen and oxygen atoms in total. The van der Waals surface area contributed by atoms with Gasteiger partial charge in [-0.25, -0.2) is 13.2 Å². The molecule has 3 aromatic rings. The van der Waals surface area contributed by atoms with E-state index in [1.54, 1.807) is 0 Å². The van der Waals surface area contributed by atoms with Crippen molar-refractivity contribution in [1.82, 2.24) is 4.90 Å². The molecule has 2 atom stereocenters. The molecule has 0 amide bonds. The molecule has 0 saturated carbocycles. The standard InChI is InChI=1S/C25H24F3NO2.CH4O/c1-17(19-10-6-3-7-11-19)29(16-18-8-4-2-5-9-18)21(14-25(30)31)12-20-13-23(27)24(28)15-22(20)26;1-2/h2-11,13,15,17,21H,12,14,16H2,1H3,(H,30,31);2H,1H3. The molecule has 0 saturated heterocycles. The van der Waals surface area contributed by atoms with E-state index < -0.39 is 29.5 Å². The highest BCUT2D eigenvalue weighted by Crippen LogP contribution is 2.29. The van der Waals surface area contributed by atoms with Crippen LogP contribution in [0.15, 0.2) is 72.8 Å². The van der Waals surface area contributed by atoms with Crippen molar-refractivity contribution in [1.29, 1.82) is 0 Å². The molecule has 176 valence electrons. The van der Waals surface area contributed by atoms with Crippen molar-refractivity contribution in [2.45, 2.75) is 38.4 Å². The van der Waals surface area contributed by atoms with Crippen LogP contribution in [0.1, 0.15) is 36.1 Å². The van der Waals surface area contributed by atoms with Crippen LogP contribution >= 0.6 is 0 Å². The molecule has 7 heteroatoms. The van der Waals surface area contributed by atoms with E-state index in [4.69, 9.17) is 5.11 Å². The number of carboxylic acid groups (broad SMARTS) is 1. The summed E-state index contributed by atoms with van der Waals surface area (Å²) < 4.78 is 41.5. The highest BCUT2D eigenvalue weighted by atomic mass is 19.2. The Hall–Kier alpha value is -3.16. The minimum atomic E-state index is -1.27. The maximum atomic E-state index is 14.4. The van der Waals surface area contributed by atoms with Crippen LogP contribution in [-0.4, -0.2) is 34.2 Å². The van der Waals surface area contributed by atoms with Crippen LogP contribution < -0.4 is 0 Å². The highest BCUT2D eigenvalue weighted by Gasteiger charge is 2.28. The summed E-state index contributed by atoms with van der Waals surface area (Å²) in [6.45, 7) is 2.37. The van der Waals surface area contributed by atoms with Crippen LogP contribution in [0, 0.1) is 17.5 Å². The van der Waals surface area contributed by atoms with Gasteiger partial charge in [0.2, 0.25) is 0 Å². The molecule has 0 aliphatic heterocycles. The van der Waals surface area contributed by atoms with E-state index in [0.29, 0.717) is 12.6 Å². The lowest BCUT2D eigenvalue weighted by atomic mass is 9.96. The summed E-state index contributed by atoms with van der Waals surface area (Å²) >= 11 is 0. The van der Waals surface area contributed by atoms with Crippen LogP contribution in [0.3, 0.4) is 0 Å². The first-order valence-corrected chi connectivity index (χ1v) is 10.5. The molecule has 0 aromatic heterocycles. The second-order valence-electron chi connectivity index (χ2n) is 7.56. The zero-order valence-electron chi connectivity index (χ0n) is 18.6. The van der Waals surface area contributed by atoms with Crippen molar-refractivity contribution in [2.24, 2.45) is 0 Å². The normalized spacial score (nSPS) is 12.6. The van der Waals surface area contributed by atoms with Gasteiger partial charge >= 0.3 is 5.97 Å². The fraction of sp³-hybridized carbons (Fsp3) is 0.269. The molecule has 0 radical (unpaired) electrons. The average molecular weight is 460 g/mol. The van der Waals surface area contributed by atoms with E-state index in [2.05, 4.69) is 0 Å². The van der Waals surface area contributed by atoms with Crippen molar-refractivity contribution >= 4 is 5.97 Å². The number of carbonyl (C=O) groups is 1. The molecule has 33 heavy (non-hydrogen) atoms. The van der Waals surface area contributed by atoms with E-state index in [-0.39, 0.29) is 24.4 Å². The number of aliphatic hydroxyl groups excluding tert-OH is 1. The van der Waals surface area contributed by atoms with Gasteiger partial charge in [-0.2, -0.15) is 0 Å². The third-order valence-electron chi connectivity index (χ3n) is 5.41. The van der Waals surface area contributed by atoms with E-state index in [1.807, 2.05) is 72.5 Å². The van der Waals surface area contributed by atoms with E-state index in [1.165, 1.54) is 0 Å². The van der Waals surface area contributed by atoms with Gasteiger partial charge in [-0.3, -0.25) is 9.69 Å². The van der Waals surface area contributed by atoms with E-state index in [9.17, 15) is 23.1 Å². The van der Waals surface area contributed by atoms with Gasteiger partial charge in [0.1, 0.15) is 5.82 Å². The monoisotopic (exact) mass is 459 g/mol. The Labute approximate surface area is 191 Å². The average Bonchev–Trinajstić information content (AvgIpc) is 2.82. The maximum Gasteiger partial charge on any atom is 0.304 e. The van der Waals surface area contributed by atoms with Crippen LogP contribution in [0.25, 0.3) is 0 Å². The molecule has 0 fully saturated rings. The molecule has 3 rings (SSSR count). The quantitative estimate of drug-likeness (QED) is 0.423. The lowest BCUT2D eigenvalue weighted by molar-refractivity contribution is -0.138. The van der Waals surface area contributed by atoms with Crippen LogP contribution in [0.4, 0.5) is 13.2 Å². The van der Waals surface area contributed by atoms with Gasteiger partial charge in [0.15, 0.2) is 11.6 Å². The Morgan fingerprint density at radius 3 is 2.00 bits per heavy atom. The molecule has 0 spiro atoms. The van der Waals surface area contributed by atoms with Crippen molar-refractivity contribution < 1.29 is 28.2 Å². The second kappa shape index (κ2) is 12.8. The summed E-state index contributed by atoms with van der Waals surface area (Å²) in [5, 5.41) is 16.5. The molecular formula is C26H28F3NO3. The van der Waals surface area contributed by atoms with Gasteiger partial charge in [-0.1, -0.05) is 60.7 Å². The Bertz CT molecular complexity index is 1020. The van der Waals surface area contributed by atoms with Crippen molar-refractivity contribution in [3.8, 4) is 0 Å². The summed E-state index contributed by atoms with van der Waals surface area (Å²) in [5.41, 5.74) is 1.88. The van der Waals surface area contributed by atoms with Crippen molar-refractivity contribution in [2.75, 3.05) is 7.11 Å². The summed E-state index contributed by atoms with van der Waals surface area (Å²) in [6, 6.07) is 19.6. The highest BCUT2D eigenvalue weighted by molar-refractivity contribution is 5.67. The van der Waals surface area contributed by atoms with Crippen LogP contribution in [-0.2, 0) is 17.8 Å². The molecule has 2 unspecified atom stereocenters. The number of aliphatic carboxylic acids is 1. The number of nitrogens with zero attached hydrogens (tertiary/aromatic N) is 1. The topological polar surface area (TPSA) is 60.8 Å². The Kier molecular flexibility index (Phi) is 10.1. The zero-order chi connectivity index (χ0) is 24.4. The van der Waals surface area contributed by atoms with Crippen LogP contribution in [0.2, 0.25) is 0 Å². The van der Waals surface area contributed by atoms with Crippen molar-refractivity contribution in [3.05, 3.63) is 107 Å². The molecule has 3 aromatic carbocycles. The minimum absolute atomic E-state index is 0.0523. The van der Waals surface area contributed by atoms with Gasteiger partial charge in [-0.15, -0.1) is 0 Å². The summed E-state index contributed by atoms with van der Waals surface area (Å²) in [4.78, 5) is 13.6. The first-order chi connectivity index (χ1) is 15.8. The Morgan fingerprint density at radius 2 is 1.42 bits per heavy atom. The predicted molar refractivity (Wildman–Crippen MR) is 121 cm³/mol. The first-order valence-electron chi connectivity index (χ1n) is 10.5.